The van der Waals surface area contributed by atoms with Gasteiger partial charge in [0.2, 0.25) is 0 Å². The topological polar surface area (TPSA) is 34.1 Å². The molecule has 0 atom stereocenters. The van der Waals surface area contributed by atoms with Gasteiger partial charge in [-0.05, 0) is 26.7 Å². The molecule has 0 aliphatic heterocycles. The molecule has 0 rings (SSSR count). The van der Waals surface area contributed by atoms with Crippen molar-refractivity contribution in [2.75, 3.05) is 6.26 Å². The van der Waals surface area contributed by atoms with Gasteiger partial charge < -0.3 is 0 Å². The summed E-state index contributed by atoms with van der Waals surface area (Å²) in [6.45, 7) is 5.75. The molecule has 0 heterocycles. The van der Waals surface area contributed by atoms with Crippen molar-refractivity contribution in [3.05, 3.63) is 6.42 Å². The van der Waals surface area contributed by atoms with Crippen LogP contribution in [0.1, 0.15) is 52.9 Å². The lowest BCUT2D eigenvalue weighted by Gasteiger charge is -2.21. The fourth-order valence-corrected chi connectivity index (χ4v) is 1.56. The zero-order chi connectivity index (χ0) is 11.2. The van der Waals surface area contributed by atoms with Gasteiger partial charge in [0.05, 0.1) is 4.75 Å². The van der Waals surface area contributed by atoms with Crippen molar-refractivity contribution in [1.82, 2.24) is 0 Å². The van der Waals surface area contributed by atoms with Gasteiger partial charge >= 0.3 is 0 Å². The molecule has 0 aromatic rings. The molecule has 0 spiro atoms. The Morgan fingerprint density at radius 2 is 1.79 bits per heavy atom. The highest BCUT2D eigenvalue weighted by atomic mass is 32.2. The molecule has 3 heteroatoms. The quantitative estimate of drug-likeness (QED) is 0.617. The molecule has 0 fully saturated rings. The summed E-state index contributed by atoms with van der Waals surface area (Å²) in [5.41, 5.74) is 0. The van der Waals surface area contributed by atoms with Crippen LogP contribution in [0, 0.1) is 6.42 Å². The second-order valence-electron chi connectivity index (χ2n) is 4.52. The Balaban J connectivity index is 3.79. The minimum absolute atomic E-state index is 0.598. The molecule has 0 bridgehead atoms. The molecule has 1 radical (unpaired) electrons. The van der Waals surface area contributed by atoms with E-state index in [1.807, 2.05) is 0 Å². The summed E-state index contributed by atoms with van der Waals surface area (Å²) in [5.74, 6) is 0. The van der Waals surface area contributed by atoms with Gasteiger partial charge in [-0.1, -0.05) is 32.6 Å². The number of rotatable bonds is 7. The molecular weight excluding hydrogens is 196 g/mol. The highest BCUT2D eigenvalue weighted by Gasteiger charge is 2.29. The van der Waals surface area contributed by atoms with Crippen LogP contribution in [0.25, 0.3) is 0 Å². The smallest absolute Gasteiger partial charge is 0.152 e. The first-order chi connectivity index (χ1) is 6.31. The molecule has 0 aliphatic carbocycles. The largest absolute Gasteiger partial charge is 0.229 e. The van der Waals surface area contributed by atoms with Crippen LogP contribution in [0.5, 0.6) is 0 Å². The third-order valence-electron chi connectivity index (χ3n) is 2.65. The van der Waals surface area contributed by atoms with Crippen LogP contribution in [-0.4, -0.2) is 19.4 Å². The highest BCUT2D eigenvalue weighted by molar-refractivity contribution is 7.92. The van der Waals surface area contributed by atoms with Crippen LogP contribution in [0.3, 0.4) is 0 Å². The van der Waals surface area contributed by atoms with Crippen molar-refractivity contribution < 1.29 is 8.42 Å². The van der Waals surface area contributed by atoms with Crippen LogP contribution < -0.4 is 0 Å². The Hall–Kier alpha value is -0.0500. The van der Waals surface area contributed by atoms with E-state index >= 15 is 0 Å². The van der Waals surface area contributed by atoms with Crippen LogP contribution in [-0.2, 0) is 9.84 Å². The first-order valence-electron chi connectivity index (χ1n) is 5.32. The van der Waals surface area contributed by atoms with Gasteiger partial charge in [-0.25, -0.2) is 8.42 Å². The summed E-state index contributed by atoms with van der Waals surface area (Å²) < 4.78 is 22.1. The second-order valence-corrected chi connectivity index (χ2v) is 7.17. The van der Waals surface area contributed by atoms with E-state index < -0.39 is 14.6 Å². The molecule has 0 N–H and O–H groups in total. The van der Waals surface area contributed by atoms with E-state index in [2.05, 4.69) is 13.3 Å². The summed E-state index contributed by atoms with van der Waals surface area (Å²) in [4.78, 5) is 0. The van der Waals surface area contributed by atoms with Crippen LogP contribution in [0.2, 0.25) is 0 Å². The molecule has 0 aromatic heterocycles. The molecule has 0 saturated carbocycles. The molecule has 14 heavy (non-hydrogen) atoms. The Bertz CT molecular complexity index is 240. The third kappa shape index (κ3) is 4.99. The average Bonchev–Trinajstić information content (AvgIpc) is 2.02. The molecule has 0 unspecified atom stereocenters. The summed E-state index contributed by atoms with van der Waals surface area (Å²) in [6, 6.07) is 0. The maximum absolute atomic E-state index is 11.4. The molecule has 2 nitrogen and oxygen atoms in total. The summed E-state index contributed by atoms with van der Waals surface area (Å²) >= 11 is 0. The van der Waals surface area contributed by atoms with E-state index in [4.69, 9.17) is 0 Å². The fraction of sp³-hybridized carbons (Fsp3) is 0.909. The van der Waals surface area contributed by atoms with Crippen LogP contribution in [0.4, 0.5) is 0 Å². The normalized spacial score (nSPS) is 13.1. The molecule has 85 valence electrons. The monoisotopic (exact) mass is 219 g/mol. The van der Waals surface area contributed by atoms with Gasteiger partial charge in [0.15, 0.2) is 9.84 Å². The lowest BCUT2D eigenvalue weighted by Crippen LogP contribution is -2.30. The van der Waals surface area contributed by atoms with Gasteiger partial charge in [0.25, 0.3) is 0 Å². The van der Waals surface area contributed by atoms with Crippen molar-refractivity contribution in [2.45, 2.75) is 57.6 Å². The van der Waals surface area contributed by atoms with Gasteiger partial charge in [-0.2, -0.15) is 0 Å². The number of sulfone groups is 1. The van der Waals surface area contributed by atoms with Crippen molar-refractivity contribution in [2.24, 2.45) is 0 Å². The van der Waals surface area contributed by atoms with Gasteiger partial charge in [-0.15, -0.1) is 0 Å². The van der Waals surface area contributed by atoms with E-state index in [0.29, 0.717) is 6.42 Å². The van der Waals surface area contributed by atoms with E-state index in [0.717, 1.165) is 6.42 Å². The SMILES string of the molecule is CCCCC[CH]CC(C)(C)S(C)(=O)=O. The molecule has 0 amide bonds. The minimum Gasteiger partial charge on any atom is -0.229 e. The maximum Gasteiger partial charge on any atom is 0.152 e. The maximum atomic E-state index is 11.4. The number of hydrogen-bond acceptors (Lipinski definition) is 2. The number of hydrogen-bond donors (Lipinski definition) is 0. The molecular formula is C11H23O2S. The van der Waals surface area contributed by atoms with Crippen molar-refractivity contribution in [1.29, 1.82) is 0 Å². The predicted molar refractivity (Wildman–Crippen MR) is 62.0 cm³/mol. The van der Waals surface area contributed by atoms with E-state index in [-0.39, 0.29) is 0 Å². The summed E-state index contributed by atoms with van der Waals surface area (Å²) in [6.07, 6.45) is 8.74. The fourth-order valence-electron chi connectivity index (χ4n) is 1.14. The van der Waals surface area contributed by atoms with E-state index in [9.17, 15) is 8.42 Å². The molecule has 0 saturated heterocycles. The average molecular weight is 219 g/mol. The summed E-state index contributed by atoms with van der Waals surface area (Å²) in [5, 5.41) is 0. The summed E-state index contributed by atoms with van der Waals surface area (Å²) in [7, 11) is -2.93. The standard InChI is InChI=1S/C11H23O2S/c1-5-6-7-8-9-10-11(2,3)14(4,12)13/h9H,5-8,10H2,1-4H3. The third-order valence-corrected chi connectivity index (χ3v) is 4.83. The van der Waals surface area contributed by atoms with Crippen LogP contribution in [0.15, 0.2) is 0 Å². The van der Waals surface area contributed by atoms with Gasteiger partial charge in [-0.3, -0.25) is 0 Å². The van der Waals surface area contributed by atoms with Crippen molar-refractivity contribution in [3.63, 3.8) is 0 Å². The lowest BCUT2D eigenvalue weighted by molar-refractivity contribution is 0.541. The Morgan fingerprint density at radius 1 is 1.21 bits per heavy atom. The van der Waals surface area contributed by atoms with Gasteiger partial charge in [0, 0.05) is 6.26 Å². The van der Waals surface area contributed by atoms with Crippen molar-refractivity contribution in [3.8, 4) is 0 Å². The molecule has 0 aromatic carbocycles. The van der Waals surface area contributed by atoms with Gasteiger partial charge in [0.1, 0.15) is 0 Å². The first kappa shape index (κ1) is 13.9. The Morgan fingerprint density at radius 3 is 2.21 bits per heavy atom. The second kappa shape index (κ2) is 5.74. The Labute approximate surface area is 89.0 Å². The van der Waals surface area contributed by atoms with E-state index in [1.165, 1.54) is 25.5 Å². The number of unbranched alkanes of at least 4 members (excludes halogenated alkanes) is 4. The highest BCUT2D eigenvalue weighted by Crippen LogP contribution is 2.22. The molecule has 0 aliphatic rings. The minimum atomic E-state index is -2.93. The Kier molecular flexibility index (Phi) is 5.72. The zero-order valence-corrected chi connectivity index (χ0v) is 10.7. The van der Waals surface area contributed by atoms with E-state index in [1.54, 1.807) is 13.8 Å². The lowest BCUT2D eigenvalue weighted by atomic mass is 10.0. The zero-order valence-electron chi connectivity index (χ0n) is 9.84. The first-order valence-corrected chi connectivity index (χ1v) is 7.21. The predicted octanol–water partition coefficient (Wildman–Crippen LogP) is 2.98. The van der Waals surface area contributed by atoms with Crippen molar-refractivity contribution >= 4 is 9.84 Å². The van der Waals surface area contributed by atoms with Crippen LogP contribution >= 0.6 is 0 Å².